The van der Waals surface area contributed by atoms with Crippen LogP contribution in [0.5, 0.6) is 0 Å². The minimum Gasteiger partial charge on any atom is -0.369 e. The fourth-order valence-electron chi connectivity index (χ4n) is 2.94. The molecule has 1 aliphatic heterocycles. The molecule has 0 aromatic carbocycles. The molecule has 23 heavy (non-hydrogen) atoms. The standard InChI is InChI=1S/C16H20N6O/c17-13(23)11-22-9-3-4-12(10-22)15-16(20-8-7-19-15)21-14-5-1-2-6-18-14/h1-2,5-8,12H,3-4,9-11H2,(H2,17,23)(H,18,20,21)/t12-/m1/s1. The first-order valence-corrected chi connectivity index (χ1v) is 7.72. The second-order valence-corrected chi connectivity index (χ2v) is 5.67. The second-order valence-electron chi connectivity index (χ2n) is 5.67. The number of anilines is 2. The van der Waals surface area contributed by atoms with Crippen LogP contribution in [0.3, 0.4) is 0 Å². The molecule has 1 aliphatic rings. The van der Waals surface area contributed by atoms with Gasteiger partial charge in [0.2, 0.25) is 5.91 Å². The van der Waals surface area contributed by atoms with Crippen LogP contribution in [0.4, 0.5) is 11.6 Å². The van der Waals surface area contributed by atoms with E-state index >= 15 is 0 Å². The first-order valence-electron chi connectivity index (χ1n) is 7.72. The van der Waals surface area contributed by atoms with Crippen molar-refractivity contribution in [1.82, 2.24) is 19.9 Å². The summed E-state index contributed by atoms with van der Waals surface area (Å²) in [5.74, 6) is 1.39. The van der Waals surface area contributed by atoms with E-state index in [1.54, 1.807) is 18.6 Å². The molecule has 0 aliphatic carbocycles. The third-order valence-electron chi connectivity index (χ3n) is 3.91. The van der Waals surface area contributed by atoms with Crippen LogP contribution in [-0.2, 0) is 4.79 Å². The number of hydrogen-bond donors (Lipinski definition) is 2. The third-order valence-corrected chi connectivity index (χ3v) is 3.91. The molecule has 0 saturated carbocycles. The summed E-state index contributed by atoms with van der Waals surface area (Å²) >= 11 is 0. The van der Waals surface area contributed by atoms with Gasteiger partial charge in [-0.2, -0.15) is 0 Å². The predicted octanol–water partition coefficient (Wildman–Crippen LogP) is 1.28. The molecule has 2 aromatic rings. The van der Waals surface area contributed by atoms with Crippen molar-refractivity contribution in [2.24, 2.45) is 5.73 Å². The summed E-state index contributed by atoms with van der Waals surface area (Å²) in [6, 6.07) is 5.67. The number of nitrogens with one attached hydrogen (secondary N) is 1. The fourth-order valence-corrected chi connectivity index (χ4v) is 2.94. The zero-order valence-corrected chi connectivity index (χ0v) is 12.9. The van der Waals surface area contributed by atoms with E-state index in [1.165, 1.54) is 0 Å². The molecule has 3 N–H and O–H groups in total. The van der Waals surface area contributed by atoms with E-state index in [2.05, 4.69) is 25.2 Å². The van der Waals surface area contributed by atoms with Crippen LogP contribution in [0.1, 0.15) is 24.5 Å². The number of pyridine rings is 1. The molecule has 0 radical (unpaired) electrons. The molecular formula is C16H20N6O. The Balaban J connectivity index is 1.78. The van der Waals surface area contributed by atoms with Crippen molar-refractivity contribution >= 4 is 17.5 Å². The molecule has 1 fully saturated rings. The number of primary amides is 1. The van der Waals surface area contributed by atoms with Gasteiger partial charge in [-0.3, -0.25) is 14.7 Å². The number of rotatable bonds is 5. The predicted molar refractivity (Wildman–Crippen MR) is 87.2 cm³/mol. The minimum atomic E-state index is -0.295. The molecule has 1 atom stereocenters. The summed E-state index contributed by atoms with van der Waals surface area (Å²) < 4.78 is 0. The molecule has 0 unspecified atom stereocenters. The highest BCUT2D eigenvalue weighted by Gasteiger charge is 2.25. The average Bonchev–Trinajstić information content (AvgIpc) is 2.56. The highest BCUT2D eigenvalue weighted by atomic mass is 16.1. The maximum Gasteiger partial charge on any atom is 0.231 e. The number of hydrogen-bond acceptors (Lipinski definition) is 6. The van der Waals surface area contributed by atoms with Crippen LogP contribution < -0.4 is 11.1 Å². The molecule has 0 spiro atoms. The van der Waals surface area contributed by atoms with Crippen molar-refractivity contribution in [1.29, 1.82) is 0 Å². The van der Waals surface area contributed by atoms with Gasteiger partial charge in [0.15, 0.2) is 5.82 Å². The van der Waals surface area contributed by atoms with Crippen molar-refractivity contribution in [3.05, 3.63) is 42.5 Å². The van der Waals surface area contributed by atoms with Crippen molar-refractivity contribution in [2.75, 3.05) is 25.0 Å². The number of nitrogens with zero attached hydrogens (tertiary/aromatic N) is 4. The Morgan fingerprint density at radius 1 is 1.26 bits per heavy atom. The number of carbonyl (C=O) groups excluding carboxylic acids is 1. The lowest BCUT2D eigenvalue weighted by atomic mass is 9.94. The Kier molecular flexibility index (Phi) is 4.77. The van der Waals surface area contributed by atoms with Gasteiger partial charge in [0, 0.05) is 31.1 Å². The highest BCUT2D eigenvalue weighted by molar-refractivity contribution is 5.75. The molecule has 3 heterocycles. The van der Waals surface area contributed by atoms with Gasteiger partial charge in [0.1, 0.15) is 5.82 Å². The van der Waals surface area contributed by atoms with Gasteiger partial charge < -0.3 is 11.1 Å². The van der Waals surface area contributed by atoms with E-state index < -0.39 is 0 Å². The van der Waals surface area contributed by atoms with Gasteiger partial charge in [0.05, 0.1) is 12.2 Å². The van der Waals surface area contributed by atoms with Gasteiger partial charge in [-0.05, 0) is 31.5 Å². The van der Waals surface area contributed by atoms with E-state index in [1.807, 2.05) is 18.2 Å². The molecule has 1 saturated heterocycles. The van der Waals surface area contributed by atoms with Crippen LogP contribution in [0.15, 0.2) is 36.8 Å². The Bertz CT molecular complexity index is 663. The average molecular weight is 312 g/mol. The summed E-state index contributed by atoms with van der Waals surface area (Å²) in [6.45, 7) is 1.95. The van der Waals surface area contributed by atoms with Crippen LogP contribution in [-0.4, -0.2) is 45.4 Å². The summed E-state index contributed by atoms with van der Waals surface area (Å²) in [5.41, 5.74) is 6.22. The third kappa shape index (κ3) is 4.01. The lowest BCUT2D eigenvalue weighted by molar-refractivity contribution is -0.119. The number of aromatic nitrogens is 3. The summed E-state index contributed by atoms with van der Waals surface area (Å²) in [6.07, 6.45) is 7.13. The number of nitrogens with two attached hydrogens (primary N) is 1. The SMILES string of the molecule is NC(=O)CN1CCC[C@@H](c2nccnc2Nc2ccccn2)C1. The van der Waals surface area contributed by atoms with Crippen molar-refractivity contribution in [3.8, 4) is 0 Å². The van der Waals surface area contributed by atoms with Crippen LogP contribution in [0, 0.1) is 0 Å². The molecule has 7 nitrogen and oxygen atoms in total. The smallest absolute Gasteiger partial charge is 0.231 e. The monoisotopic (exact) mass is 312 g/mol. The zero-order chi connectivity index (χ0) is 16.1. The molecule has 120 valence electrons. The molecule has 7 heteroatoms. The van der Waals surface area contributed by atoms with Crippen LogP contribution >= 0.6 is 0 Å². The largest absolute Gasteiger partial charge is 0.369 e. The first kappa shape index (κ1) is 15.4. The topological polar surface area (TPSA) is 97.0 Å². The lowest BCUT2D eigenvalue weighted by Gasteiger charge is -2.32. The lowest BCUT2D eigenvalue weighted by Crippen LogP contribution is -2.40. The fraction of sp³-hybridized carbons (Fsp3) is 0.375. The molecule has 2 aromatic heterocycles. The maximum absolute atomic E-state index is 11.2. The van der Waals surface area contributed by atoms with E-state index in [9.17, 15) is 4.79 Å². The maximum atomic E-state index is 11.2. The van der Waals surface area contributed by atoms with E-state index in [0.29, 0.717) is 6.54 Å². The Morgan fingerprint density at radius 2 is 2.13 bits per heavy atom. The van der Waals surface area contributed by atoms with Gasteiger partial charge in [-0.25, -0.2) is 9.97 Å². The van der Waals surface area contributed by atoms with Crippen molar-refractivity contribution in [2.45, 2.75) is 18.8 Å². The van der Waals surface area contributed by atoms with E-state index in [4.69, 9.17) is 5.73 Å². The normalized spacial score (nSPS) is 18.5. The van der Waals surface area contributed by atoms with E-state index in [0.717, 1.165) is 43.3 Å². The Labute approximate surface area is 135 Å². The number of amides is 1. The highest BCUT2D eigenvalue weighted by Crippen LogP contribution is 2.30. The second kappa shape index (κ2) is 7.15. The summed E-state index contributed by atoms with van der Waals surface area (Å²) in [7, 11) is 0. The minimum absolute atomic E-state index is 0.225. The summed E-state index contributed by atoms with van der Waals surface area (Å²) in [4.78, 5) is 26.4. The molecule has 0 bridgehead atoms. The van der Waals surface area contributed by atoms with Gasteiger partial charge in [-0.1, -0.05) is 6.07 Å². The van der Waals surface area contributed by atoms with Gasteiger partial charge in [0.25, 0.3) is 0 Å². The van der Waals surface area contributed by atoms with Gasteiger partial charge >= 0.3 is 0 Å². The van der Waals surface area contributed by atoms with Crippen molar-refractivity contribution in [3.63, 3.8) is 0 Å². The number of piperidine rings is 1. The zero-order valence-electron chi connectivity index (χ0n) is 12.9. The number of carbonyl (C=O) groups is 1. The first-order chi connectivity index (χ1) is 11.2. The van der Waals surface area contributed by atoms with Crippen LogP contribution in [0.25, 0.3) is 0 Å². The summed E-state index contributed by atoms with van der Waals surface area (Å²) in [5, 5.41) is 3.23. The van der Waals surface area contributed by atoms with Crippen molar-refractivity contribution < 1.29 is 4.79 Å². The van der Waals surface area contributed by atoms with Gasteiger partial charge in [-0.15, -0.1) is 0 Å². The quantitative estimate of drug-likeness (QED) is 0.863. The van der Waals surface area contributed by atoms with Crippen LogP contribution in [0.2, 0.25) is 0 Å². The molecular weight excluding hydrogens is 292 g/mol. The molecule has 3 rings (SSSR count). The number of likely N-dealkylation sites (tertiary alicyclic amines) is 1. The molecule has 1 amide bonds. The van der Waals surface area contributed by atoms with E-state index in [-0.39, 0.29) is 11.8 Å². The Hall–Kier alpha value is -2.54. The Morgan fingerprint density at radius 3 is 2.91 bits per heavy atom.